The van der Waals surface area contributed by atoms with Gasteiger partial charge in [-0.3, -0.25) is 9.78 Å². The topological polar surface area (TPSA) is 80.5 Å². The van der Waals surface area contributed by atoms with Gasteiger partial charge in [-0.2, -0.15) is 0 Å². The molecule has 0 aliphatic rings. The minimum Gasteiger partial charge on any atom is -0.497 e. The lowest BCUT2D eigenvalue weighted by atomic mass is 10.3. The molecule has 0 radical (unpaired) electrons. The minimum atomic E-state index is -0.490. The molecule has 0 fully saturated rings. The second-order valence-corrected chi connectivity index (χ2v) is 4.44. The fourth-order valence-electron chi connectivity index (χ4n) is 1.59. The predicted molar refractivity (Wildman–Crippen MR) is 83.8 cm³/mol. The number of rotatable bonds is 3. The summed E-state index contributed by atoms with van der Waals surface area (Å²) in [4.78, 5) is 16.0. The Labute approximate surface area is 127 Å². The number of hydrogen-bond acceptors (Lipinski definition) is 5. The van der Waals surface area contributed by atoms with Crippen LogP contribution in [0.4, 0.5) is 5.69 Å². The molecule has 1 aromatic carbocycles. The molecule has 2 rings (SSSR count). The quantitative estimate of drug-likeness (QED) is 0.389. The molecule has 0 aliphatic heterocycles. The van der Waals surface area contributed by atoms with Crippen molar-refractivity contribution in [2.24, 2.45) is 5.84 Å². The van der Waals surface area contributed by atoms with Crippen molar-refractivity contribution in [2.75, 3.05) is 12.4 Å². The highest BCUT2D eigenvalue weighted by molar-refractivity contribution is 7.80. The van der Waals surface area contributed by atoms with E-state index >= 15 is 0 Å². The van der Waals surface area contributed by atoms with Crippen molar-refractivity contribution >= 4 is 28.9 Å². The number of methoxy groups -OCH3 is 1. The summed E-state index contributed by atoms with van der Waals surface area (Å²) in [7, 11) is 1.57. The number of nitrogens with two attached hydrogens (primary N) is 1. The zero-order valence-corrected chi connectivity index (χ0v) is 12.1. The maximum atomic E-state index is 12.1. The summed E-state index contributed by atoms with van der Waals surface area (Å²) in [5.74, 6) is 5.90. The number of benzene rings is 1. The van der Waals surface area contributed by atoms with E-state index in [1.54, 1.807) is 49.6 Å². The Bertz CT molecular complexity index is 648. The van der Waals surface area contributed by atoms with E-state index < -0.39 is 5.91 Å². The van der Waals surface area contributed by atoms with Crippen LogP contribution in [-0.4, -0.2) is 28.1 Å². The first-order valence-electron chi connectivity index (χ1n) is 6.07. The molecule has 0 saturated heterocycles. The van der Waals surface area contributed by atoms with Gasteiger partial charge >= 0.3 is 0 Å². The fraction of sp³-hybridized carbons (Fsp3) is 0.0714. The maximum Gasteiger partial charge on any atom is 0.292 e. The van der Waals surface area contributed by atoms with Crippen LogP contribution < -0.4 is 15.9 Å². The van der Waals surface area contributed by atoms with Crippen LogP contribution in [-0.2, 0) is 0 Å². The highest BCUT2D eigenvalue weighted by Crippen LogP contribution is 2.17. The van der Waals surface area contributed by atoms with Crippen LogP contribution in [0, 0.1) is 0 Å². The molecule has 2 aromatic rings. The first kappa shape index (κ1) is 14.9. The average molecular weight is 302 g/mol. The summed E-state index contributed by atoms with van der Waals surface area (Å²) in [6, 6.07) is 12.1. The molecule has 6 nitrogen and oxygen atoms in total. The van der Waals surface area contributed by atoms with Crippen LogP contribution >= 0.6 is 12.2 Å². The maximum absolute atomic E-state index is 12.1. The van der Waals surface area contributed by atoms with Gasteiger partial charge in [0.15, 0.2) is 5.11 Å². The SMILES string of the molecule is COc1cccc(NC(=S)N(N)C(=O)c2ccccn2)c1. The lowest BCUT2D eigenvalue weighted by molar-refractivity contribution is 0.0844. The van der Waals surface area contributed by atoms with Gasteiger partial charge in [0.1, 0.15) is 11.4 Å². The average Bonchev–Trinajstić information content (AvgIpc) is 2.54. The van der Waals surface area contributed by atoms with Crippen molar-refractivity contribution in [1.82, 2.24) is 9.99 Å². The second kappa shape index (κ2) is 6.78. The third-order valence-electron chi connectivity index (χ3n) is 2.64. The van der Waals surface area contributed by atoms with E-state index in [2.05, 4.69) is 10.3 Å². The summed E-state index contributed by atoms with van der Waals surface area (Å²) in [6.45, 7) is 0. The first-order valence-corrected chi connectivity index (χ1v) is 6.48. The van der Waals surface area contributed by atoms with Gasteiger partial charge in [-0.05, 0) is 36.5 Å². The van der Waals surface area contributed by atoms with Gasteiger partial charge in [-0.25, -0.2) is 10.9 Å². The summed E-state index contributed by atoms with van der Waals surface area (Å²) < 4.78 is 5.11. The Hall–Kier alpha value is -2.51. The number of thiocarbonyl (C=S) groups is 1. The van der Waals surface area contributed by atoms with E-state index in [0.29, 0.717) is 11.4 Å². The molecule has 1 aromatic heterocycles. The number of hydrogen-bond donors (Lipinski definition) is 2. The zero-order valence-electron chi connectivity index (χ0n) is 11.3. The van der Waals surface area contributed by atoms with Gasteiger partial charge in [0.25, 0.3) is 5.91 Å². The van der Waals surface area contributed by atoms with Crippen LogP contribution in [0.15, 0.2) is 48.7 Å². The molecule has 3 N–H and O–H groups in total. The van der Waals surface area contributed by atoms with Crippen LogP contribution in [0.2, 0.25) is 0 Å². The van der Waals surface area contributed by atoms with Crippen LogP contribution in [0.3, 0.4) is 0 Å². The molecule has 0 bridgehead atoms. The predicted octanol–water partition coefficient (Wildman–Crippen LogP) is 1.80. The molecule has 0 aliphatic carbocycles. The molecule has 0 spiro atoms. The van der Waals surface area contributed by atoms with Gasteiger partial charge in [0, 0.05) is 18.0 Å². The Morgan fingerprint density at radius 2 is 2.14 bits per heavy atom. The Balaban J connectivity index is 2.07. The summed E-state index contributed by atoms with van der Waals surface area (Å²) in [5.41, 5.74) is 0.887. The second-order valence-electron chi connectivity index (χ2n) is 4.05. The number of anilines is 1. The van der Waals surface area contributed by atoms with E-state index in [4.69, 9.17) is 22.8 Å². The third-order valence-corrected chi connectivity index (χ3v) is 2.94. The van der Waals surface area contributed by atoms with E-state index in [0.717, 1.165) is 5.01 Å². The van der Waals surface area contributed by atoms with Gasteiger partial charge in [0.2, 0.25) is 0 Å². The normalized spacial score (nSPS) is 9.81. The van der Waals surface area contributed by atoms with Crippen molar-refractivity contribution in [3.63, 3.8) is 0 Å². The fourth-order valence-corrected chi connectivity index (χ4v) is 1.79. The largest absolute Gasteiger partial charge is 0.497 e. The number of carbonyl (C=O) groups is 1. The number of pyridine rings is 1. The molecule has 0 atom stereocenters. The van der Waals surface area contributed by atoms with E-state index in [1.165, 1.54) is 6.20 Å². The van der Waals surface area contributed by atoms with Crippen LogP contribution in [0.25, 0.3) is 0 Å². The lowest BCUT2D eigenvalue weighted by Crippen LogP contribution is -2.45. The molecule has 0 saturated carbocycles. The molecule has 21 heavy (non-hydrogen) atoms. The van der Waals surface area contributed by atoms with Crippen LogP contribution in [0.5, 0.6) is 5.75 Å². The molecule has 1 amide bonds. The molecule has 108 valence electrons. The molecule has 0 unspecified atom stereocenters. The standard InChI is InChI=1S/C14H14N4O2S/c1-20-11-6-4-5-10(9-11)17-14(21)18(15)13(19)12-7-2-3-8-16-12/h2-9H,15H2,1H3,(H,17,21). The monoisotopic (exact) mass is 302 g/mol. The van der Waals surface area contributed by atoms with E-state index in [9.17, 15) is 4.79 Å². The van der Waals surface area contributed by atoms with Crippen molar-refractivity contribution in [3.05, 3.63) is 54.4 Å². The number of nitrogens with zero attached hydrogens (tertiary/aromatic N) is 2. The molecule has 7 heteroatoms. The highest BCUT2D eigenvalue weighted by Gasteiger charge is 2.17. The first-order chi connectivity index (χ1) is 10.1. The molecular formula is C14H14N4O2S. The van der Waals surface area contributed by atoms with E-state index in [1.807, 2.05) is 0 Å². The van der Waals surface area contributed by atoms with Gasteiger partial charge in [-0.1, -0.05) is 12.1 Å². The van der Waals surface area contributed by atoms with Crippen molar-refractivity contribution in [3.8, 4) is 5.75 Å². The van der Waals surface area contributed by atoms with Crippen LogP contribution in [0.1, 0.15) is 10.5 Å². The number of nitrogens with one attached hydrogen (secondary N) is 1. The highest BCUT2D eigenvalue weighted by atomic mass is 32.1. The number of ether oxygens (including phenoxy) is 1. The zero-order chi connectivity index (χ0) is 15.2. The lowest BCUT2D eigenvalue weighted by Gasteiger charge is -2.18. The Morgan fingerprint density at radius 3 is 2.81 bits per heavy atom. The number of aromatic nitrogens is 1. The van der Waals surface area contributed by atoms with E-state index in [-0.39, 0.29) is 10.8 Å². The number of amides is 1. The molecule has 1 heterocycles. The number of carbonyl (C=O) groups excluding carboxylic acids is 1. The van der Waals surface area contributed by atoms with Crippen molar-refractivity contribution in [2.45, 2.75) is 0 Å². The summed E-state index contributed by atoms with van der Waals surface area (Å²) in [5, 5.41) is 3.78. The van der Waals surface area contributed by atoms with Crippen molar-refractivity contribution in [1.29, 1.82) is 0 Å². The van der Waals surface area contributed by atoms with Gasteiger partial charge in [0.05, 0.1) is 7.11 Å². The van der Waals surface area contributed by atoms with Crippen molar-refractivity contribution < 1.29 is 9.53 Å². The van der Waals surface area contributed by atoms with Gasteiger partial charge in [-0.15, -0.1) is 0 Å². The Morgan fingerprint density at radius 1 is 1.33 bits per heavy atom. The smallest absolute Gasteiger partial charge is 0.292 e. The third kappa shape index (κ3) is 3.74. The summed E-state index contributed by atoms with van der Waals surface area (Å²) >= 11 is 5.11. The van der Waals surface area contributed by atoms with Gasteiger partial charge < -0.3 is 10.1 Å². The molecular weight excluding hydrogens is 288 g/mol. The summed E-state index contributed by atoms with van der Waals surface area (Å²) in [6.07, 6.45) is 1.51. The minimum absolute atomic E-state index is 0.0684. The number of hydrazine groups is 1. The Kier molecular flexibility index (Phi) is 4.81.